The first-order chi connectivity index (χ1) is 9.29. The first-order valence-electron chi connectivity index (χ1n) is 7.79. The van der Waals surface area contributed by atoms with Crippen LogP contribution in [0.2, 0.25) is 0 Å². The van der Waals surface area contributed by atoms with Crippen molar-refractivity contribution in [2.45, 2.75) is 63.1 Å². The molecule has 104 valence electrons. The van der Waals surface area contributed by atoms with Gasteiger partial charge in [-0.1, -0.05) is 49.6 Å². The lowest BCUT2D eigenvalue weighted by molar-refractivity contribution is -0.0989. The molecule has 0 heterocycles. The van der Waals surface area contributed by atoms with Gasteiger partial charge in [-0.15, -0.1) is 0 Å². The fraction of sp³-hybridized carbons (Fsp3) is 0.647. The summed E-state index contributed by atoms with van der Waals surface area (Å²) in [7, 11) is 0. The van der Waals surface area contributed by atoms with Crippen molar-refractivity contribution in [1.82, 2.24) is 5.32 Å². The highest BCUT2D eigenvalue weighted by molar-refractivity contribution is 5.15. The van der Waals surface area contributed by atoms with E-state index in [1.165, 1.54) is 37.7 Å². The van der Waals surface area contributed by atoms with Crippen LogP contribution in [0.3, 0.4) is 0 Å². The third kappa shape index (κ3) is 2.70. The zero-order chi connectivity index (χ0) is 13.1. The summed E-state index contributed by atoms with van der Waals surface area (Å²) in [6, 6.07) is 10.8. The summed E-state index contributed by atoms with van der Waals surface area (Å²) in [6.07, 6.45) is 8.32. The fourth-order valence-electron chi connectivity index (χ4n) is 4.04. The van der Waals surface area contributed by atoms with Crippen molar-refractivity contribution in [1.29, 1.82) is 0 Å². The topological polar surface area (TPSA) is 32.3 Å². The van der Waals surface area contributed by atoms with Gasteiger partial charge in [0.25, 0.3) is 0 Å². The van der Waals surface area contributed by atoms with Gasteiger partial charge in [0.2, 0.25) is 0 Å². The number of hydrogen-bond acceptors (Lipinski definition) is 2. The number of hydrogen-bond donors (Lipinski definition) is 2. The Labute approximate surface area is 116 Å². The van der Waals surface area contributed by atoms with Gasteiger partial charge in [-0.2, -0.15) is 0 Å². The Morgan fingerprint density at radius 1 is 1.05 bits per heavy atom. The third-order valence-electron chi connectivity index (χ3n) is 5.13. The average Bonchev–Trinajstić information content (AvgIpc) is 2.46. The van der Waals surface area contributed by atoms with Gasteiger partial charge < -0.3 is 10.4 Å². The minimum absolute atomic E-state index is 0.284. The van der Waals surface area contributed by atoms with E-state index in [4.69, 9.17) is 0 Å². The molecule has 2 saturated carbocycles. The summed E-state index contributed by atoms with van der Waals surface area (Å²) in [6.45, 7) is 0.876. The second-order valence-corrected chi connectivity index (χ2v) is 6.28. The zero-order valence-electron chi connectivity index (χ0n) is 11.6. The van der Waals surface area contributed by atoms with Gasteiger partial charge in [-0.3, -0.25) is 0 Å². The van der Waals surface area contributed by atoms with E-state index in [0.29, 0.717) is 5.92 Å². The van der Waals surface area contributed by atoms with Crippen LogP contribution in [0.4, 0.5) is 0 Å². The summed E-state index contributed by atoms with van der Waals surface area (Å²) in [4.78, 5) is 0. The van der Waals surface area contributed by atoms with E-state index in [1.807, 2.05) is 0 Å². The summed E-state index contributed by atoms with van der Waals surface area (Å²) in [5.41, 5.74) is 0.870. The molecule has 0 spiro atoms. The largest absolute Gasteiger partial charge is 0.388 e. The molecule has 0 unspecified atom stereocenters. The van der Waals surface area contributed by atoms with Gasteiger partial charge in [-0.05, 0) is 37.2 Å². The van der Waals surface area contributed by atoms with Gasteiger partial charge in [0, 0.05) is 12.6 Å². The molecule has 0 radical (unpaired) electrons. The minimum Gasteiger partial charge on any atom is -0.388 e. The highest BCUT2D eigenvalue weighted by atomic mass is 16.3. The highest BCUT2D eigenvalue weighted by Gasteiger charge is 2.46. The van der Waals surface area contributed by atoms with Gasteiger partial charge >= 0.3 is 0 Å². The molecular formula is C17H25NO. The van der Waals surface area contributed by atoms with Crippen LogP contribution in [-0.2, 0) is 6.54 Å². The first kappa shape index (κ1) is 13.1. The quantitative estimate of drug-likeness (QED) is 0.873. The normalized spacial score (nSPS) is 34.8. The maximum absolute atomic E-state index is 11.1. The van der Waals surface area contributed by atoms with Crippen LogP contribution in [0, 0.1) is 5.92 Å². The predicted molar refractivity (Wildman–Crippen MR) is 77.8 cm³/mol. The fourth-order valence-corrected chi connectivity index (χ4v) is 4.04. The second kappa shape index (κ2) is 5.64. The van der Waals surface area contributed by atoms with Crippen LogP contribution < -0.4 is 5.32 Å². The van der Waals surface area contributed by atoms with Crippen LogP contribution >= 0.6 is 0 Å². The molecule has 3 rings (SSSR count). The molecule has 0 amide bonds. The van der Waals surface area contributed by atoms with Crippen molar-refractivity contribution in [2.24, 2.45) is 5.92 Å². The van der Waals surface area contributed by atoms with E-state index in [9.17, 15) is 5.11 Å². The molecule has 1 aromatic rings. The number of rotatable bonds is 3. The van der Waals surface area contributed by atoms with Crippen molar-refractivity contribution < 1.29 is 5.11 Å². The monoisotopic (exact) mass is 259 g/mol. The standard InChI is InChI=1S/C17H25NO/c19-17-12-5-4-9-15(17)10-6-11-16(17)18-13-14-7-2-1-3-8-14/h1-3,7-8,15-16,18-19H,4-6,9-13H2/t15-,16-,17-/m1/s1. The van der Waals surface area contributed by atoms with E-state index in [1.54, 1.807) is 0 Å². The van der Waals surface area contributed by atoms with Gasteiger partial charge in [0.15, 0.2) is 0 Å². The van der Waals surface area contributed by atoms with Crippen LogP contribution in [0.15, 0.2) is 30.3 Å². The number of benzene rings is 1. The lowest BCUT2D eigenvalue weighted by atomic mass is 9.65. The van der Waals surface area contributed by atoms with E-state index in [0.717, 1.165) is 19.4 Å². The summed E-state index contributed by atoms with van der Waals surface area (Å²) < 4.78 is 0. The van der Waals surface area contributed by atoms with Crippen molar-refractivity contribution in [3.05, 3.63) is 35.9 Å². The minimum atomic E-state index is -0.439. The van der Waals surface area contributed by atoms with E-state index < -0.39 is 5.60 Å². The number of fused-ring (bicyclic) bond motifs is 1. The van der Waals surface area contributed by atoms with E-state index in [-0.39, 0.29) is 6.04 Å². The molecule has 0 aromatic heterocycles. The molecule has 2 fully saturated rings. The number of aliphatic hydroxyl groups is 1. The van der Waals surface area contributed by atoms with Crippen LogP contribution in [0.5, 0.6) is 0 Å². The Balaban J connectivity index is 1.66. The van der Waals surface area contributed by atoms with Crippen molar-refractivity contribution >= 4 is 0 Å². The Morgan fingerprint density at radius 2 is 1.84 bits per heavy atom. The van der Waals surface area contributed by atoms with Gasteiger partial charge in [0.05, 0.1) is 5.60 Å². The van der Waals surface area contributed by atoms with Crippen LogP contribution in [-0.4, -0.2) is 16.7 Å². The lowest BCUT2D eigenvalue weighted by Crippen LogP contribution is -2.58. The molecular weight excluding hydrogens is 234 g/mol. The summed E-state index contributed by atoms with van der Waals surface area (Å²) >= 11 is 0. The van der Waals surface area contributed by atoms with E-state index >= 15 is 0 Å². The molecule has 0 bridgehead atoms. The maximum atomic E-state index is 11.1. The SMILES string of the molecule is O[C@]12CCCC[C@@H]1CCC[C@H]2NCc1ccccc1. The predicted octanol–water partition coefficient (Wildman–Crippen LogP) is 3.25. The van der Waals surface area contributed by atoms with Gasteiger partial charge in [0.1, 0.15) is 0 Å². The van der Waals surface area contributed by atoms with Crippen molar-refractivity contribution in [2.75, 3.05) is 0 Å². The maximum Gasteiger partial charge on any atom is 0.0828 e. The first-order valence-corrected chi connectivity index (χ1v) is 7.79. The molecule has 0 aliphatic heterocycles. The molecule has 2 nitrogen and oxygen atoms in total. The smallest absolute Gasteiger partial charge is 0.0828 e. The van der Waals surface area contributed by atoms with Gasteiger partial charge in [-0.25, -0.2) is 0 Å². The molecule has 2 heteroatoms. The summed E-state index contributed by atoms with van der Waals surface area (Å²) in [5, 5.41) is 14.7. The Kier molecular flexibility index (Phi) is 3.90. The molecule has 3 atom stereocenters. The lowest BCUT2D eigenvalue weighted by Gasteiger charge is -2.49. The van der Waals surface area contributed by atoms with E-state index in [2.05, 4.69) is 35.6 Å². The van der Waals surface area contributed by atoms with Crippen molar-refractivity contribution in [3.63, 3.8) is 0 Å². The summed E-state index contributed by atoms with van der Waals surface area (Å²) in [5.74, 6) is 0.531. The molecule has 19 heavy (non-hydrogen) atoms. The molecule has 2 aliphatic carbocycles. The Hall–Kier alpha value is -0.860. The van der Waals surface area contributed by atoms with Crippen molar-refractivity contribution in [3.8, 4) is 0 Å². The average molecular weight is 259 g/mol. The Bertz CT molecular complexity index is 403. The van der Waals surface area contributed by atoms with Crippen LogP contribution in [0.1, 0.15) is 50.5 Å². The molecule has 1 aromatic carbocycles. The van der Waals surface area contributed by atoms with Crippen LogP contribution in [0.25, 0.3) is 0 Å². The molecule has 0 saturated heterocycles. The number of nitrogens with one attached hydrogen (secondary N) is 1. The third-order valence-corrected chi connectivity index (χ3v) is 5.13. The second-order valence-electron chi connectivity index (χ2n) is 6.28. The highest BCUT2D eigenvalue weighted by Crippen LogP contribution is 2.43. The molecule has 2 N–H and O–H groups in total. The Morgan fingerprint density at radius 3 is 2.68 bits per heavy atom. The zero-order valence-corrected chi connectivity index (χ0v) is 11.6. The molecule has 2 aliphatic rings.